The molecule has 7 heteroatoms. The molecule has 1 amide bonds. The van der Waals surface area contributed by atoms with Crippen molar-refractivity contribution in [2.75, 3.05) is 11.9 Å². The number of rotatable bonds is 10. The van der Waals surface area contributed by atoms with Gasteiger partial charge in [-0.25, -0.2) is 4.39 Å². The van der Waals surface area contributed by atoms with Gasteiger partial charge < -0.3 is 15.4 Å². The van der Waals surface area contributed by atoms with Crippen LogP contribution >= 0.6 is 11.8 Å². The molecule has 2 N–H and O–H groups in total. The molecule has 0 atom stereocenters. The molecule has 3 rings (SSSR count). The highest BCUT2D eigenvalue weighted by Crippen LogP contribution is 2.31. The fourth-order valence-corrected chi connectivity index (χ4v) is 3.95. The number of thioether (sulfide) groups is 1. The van der Waals surface area contributed by atoms with Crippen molar-refractivity contribution in [2.45, 2.75) is 19.2 Å². The fourth-order valence-electron chi connectivity index (χ4n) is 3.00. The van der Waals surface area contributed by atoms with Crippen LogP contribution in [-0.2, 0) is 17.1 Å². The van der Waals surface area contributed by atoms with Gasteiger partial charge in [0.25, 0.3) is 5.91 Å². The summed E-state index contributed by atoms with van der Waals surface area (Å²) in [6.07, 6.45) is 0. The third-order valence-electron chi connectivity index (χ3n) is 4.57. The molecule has 168 valence electrons. The predicted octanol–water partition coefficient (Wildman–Crippen LogP) is 5.62. The maximum Gasteiger partial charge on any atom is 0.264 e. The molecular weight excluding hydrogens is 437 g/mol. The molecule has 5 nitrogen and oxygen atoms in total. The number of nitriles is 1. The van der Waals surface area contributed by atoms with Gasteiger partial charge in [-0.2, -0.15) is 5.26 Å². The number of nitrogens with one attached hydrogen (secondary N) is 2. The van der Waals surface area contributed by atoms with E-state index in [9.17, 15) is 14.4 Å². The van der Waals surface area contributed by atoms with Crippen molar-refractivity contribution < 1.29 is 13.9 Å². The summed E-state index contributed by atoms with van der Waals surface area (Å²) in [7, 11) is 0. The third-order valence-corrected chi connectivity index (χ3v) is 5.64. The van der Waals surface area contributed by atoms with Gasteiger partial charge in [0, 0.05) is 12.3 Å². The molecule has 0 unspecified atom stereocenters. The van der Waals surface area contributed by atoms with E-state index in [0.717, 1.165) is 11.1 Å². The molecule has 0 spiro atoms. The van der Waals surface area contributed by atoms with Gasteiger partial charge >= 0.3 is 0 Å². The van der Waals surface area contributed by atoms with Crippen LogP contribution in [0.5, 0.6) is 5.75 Å². The van der Waals surface area contributed by atoms with E-state index in [2.05, 4.69) is 10.6 Å². The second kappa shape index (κ2) is 12.3. The Bertz CT molecular complexity index is 1160. The highest BCUT2D eigenvalue weighted by Gasteiger charge is 2.18. The second-order valence-electron chi connectivity index (χ2n) is 6.96. The van der Waals surface area contributed by atoms with Crippen molar-refractivity contribution in [1.82, 2.24) is 5.32 Å². The van der Waals surface area contributed by atoms with Crippen LogP contribution in [0.2, 0.25) is 0 Å². The van der Waals surface area contributed by atoms with Gasteiger partial charge in [0.05, 0.1) is 17.3 Å². The van der Waals surface area contributed by atoms with Gasteiger partial charge in [-0.1, -0.05) is 54.6 Å². The van der Waals surface area contributed by atoms with Gasteiger partial charge in [-0.3, -0.25) is 4.79 Å². The average molecular weight is 462 g/mol. The minimum Gasteiger partial charge on any atom is -0.492 e. The van der Waals surface area contributed by atoms with Gasteiger partial charge in [0.1, 0.15) is 23.2 Å². The zero-order valence-electron chi connectivity index (χ0n) is 18.2. The van der Waals surface area contributed by atoms with E-state index >= 15 is 0 Å². The summed E-state index contributed by atoms with van der Waals surface area (Å²) in [5.74, 6) is 0.137. The number of benzene rings is 3. The number of hydrogen-bond acceptors (Lipinski definition) is 5. The number of hydrogen-bond donors (Lipinski definition) is 2. The van der Waals surface area contributed by atoms with E-state index in [1.807, 2.05) is 67.6 Å². The molecule has 0 saturated carbocycles. The average Bonchev–Trinajstić information content (AvgIpc) is 2.83. The standard InChI is InChI=1S/C26H24FN3O2S/c1-2-32-24-14-7-6-13-23(24)30-26(33-18-20-11-8-12-21(27)15-20)22(16-28)25(31)29-17-19-9-4-3-5-10-19/h3-15,30H,2,17-18H2,1H3,(H,29,31)/b26-22+. The Morgan fingerprint density at radius 2 is 1.76 bits per heavy atom. The molecule has 0 aromatic heterocycles. The summed E-state index contributed by atoms with van der Waals surface area (Å²) in [4.78, 5) is 12.9. The highest BCUT2D eigenvalue weighted by atomic mass is 32.2. The van der Waals surface area contributed by atoms with Crippen molar-refractivity contribution in [3.8, 4) is 11.8 Å². The zero-order chi connectivity index (χ0) is 23.5. The molecule has 0 saturated heterocycles. The number of nitrogens with zero attached hydrogens (tertiary/aromatic N) is 1. The van der Waals surface area contributed by atoms with E-state index in [4.69, 9.17) is 4.74 Å². The predicted molar refractivity (Wildman–Crippen MR) is 130 cm³/mol. The fraction of sp³-hybridized carbons (Fsp3) is 0.154. The Hall–Kier alpha value is -3.76. The topological polar surface area (TPSA) is 74.1 Å². The highest BCUT2D eigenvalue weighted by molar-refractivity contribution is 8.02. The minimum atomic E-state index is -0.496. The minimum absolute atomic E-state index is 0.0568. The number of ether oxygens (including phenoxy) is 1. The van der Waals surface area contributed by atoms with Crippen LogP contribution < -0.4 is 15.4 Å². The molecule has 0 heterocycles. The smallest absolute Gasteiger partial charge is 0.264 e. The lowest BCUT2D eigenvalue weighted by Gasteiger charge is -2.16. The third kappa shape index (κ3) is 7.13. The van der Waals surface area contributed by atoms with Crippen LogP contribution in [0.4, 0.5) is 10.1 Å². The maximum absolute atomic E-state index is 13.6. The summed E-state index contributed by atoms with van der Waals surface area (Å²) in [6.45, 7) is 2.64. The van der Waals surface area contributed by atoms with E-state index in [1.165, 1.54) is 23.9 Å². The van der Waals surface area contributed by atoms with E-state index in [0.29, 0.717) is 35.4 Å². The summed E-state index contributed by atoms with van der Waals surface area (Å²) < 4.78 is 19.3. The first kappa shape index (κ1) is 23.9. The van der Waals surface area contributed by atoms with E-state index in [-0.39, 0.29) is 11.4 Å². The van der Waals surface area contributed by atoms with E-state index in [1.54, 1.807) is 12.1 Å². The molecule has 0 aliphatic rings. The second-order valence-corrected chi connectivity index (χ2v) is 7.94. The normalized spacial score (nSPS) is 11.2. The summed E-state index contributed by atoms with van der Waals surface area (Å²) >= 11 is 1.25. The van der Waals surface area contributed by atoms with Crippen molar-refractivity contribution >= 4 is 23.4 Å². The lowest BCUT2D eigenvalue weighted by molar-refractivity contribution is -0.117. The molecule has 33 heavy (non-hydrogen) atoms. The Morgan fingerprint density at radius 3 is 2.48 bits per heavy atom. The SMILES string of the molecule is CCOc1ccccc1N/C(SCc1cccc(F)c1)=C(/C#N)C(=O)NCc1ccccc1. The van der Waals surface area contributed by atoms with Gasteiger partial charge in [-0.15, -0.1) is 11.8 Å². The molecular formula is C26H24FN3O2S. The lowest BCUT2D eigenvalue weighted by atomic mass is 10.2. The number of amides is 1. The largest absolute Gasteiger partial charge is 0.492 e. The lowest BCUT2D eigenvalue weighted by Crippen LogP contribution is -2.25. The Balaban J connectivity index is 1.88. The first-order chi connectivity index (χ1) is 16.1. The molecule has 0 aliphatic carbocycles. The van der Waals surface area contributed by atoms with E-state index < -0.39 is 5.91 Å². The van der Waals surface area contributed by atoms with Gasteiger partial charge in [0.2, 0.25) is 0 Å². The Labute approximate surface area is 197 Å². The maximum atomic E-state index is 13.6. The van der Waals surface area contributed by atoms with Crippen LogP contribution in [0.1, 0.15) is 18.1 Å². The van der Waals surface area contributed by atoms with Crippen LogP contribution in [0.15, 0.2) is 89.5 Å². The molecule has 0 radical (unpaired) electrons. The first-order valence-corrected chi connectivity index (χ1v) is 11.4. The van der Waals surface area contributed by atoms with Crippen LogP contribution in [-0.4, -0.2) is 12.5 Å². The summed E-state index contributed by atoms with van der Waals surface area (Å²) in [6, 6.07) is 25.0. The number of carbonyl (C=O) groups excluding carboxylic acids is 1. The number of carbonyl (C=O) groups is 1. The van der Waals surface area contributed by atoms with Crippen LogP contribution in [0.3, 0.4) is 0 Å². The summed E-state index contributed by atoms with van der Waals surface area (Å²) in [5, 5.41) is 16.2. The van der Waals surface area contributed by atoms with Crippen molar-refractivity contribution in [1.29, 1.82) is 5.26 Å². The van der Waals surface area contributed by atoms with Crippen LogP contribution in [0, 0.1) is 17.1 Å². The quantitative estimate of drug-likeness (QED) is 0.303. The van der Waals surface area contributed by atoms with Crippen molar-refractivity contribution in [3.63, 3.8) is 0 Å². The monoisotopic (exact) mass is 461 g/mol. The number of para-hydroxylation sites is 2. The molecule has 3 aromatic rings. The van der Waals surface area contributed by atoms with Crippen molar-refractivity contribution in [3.05, 3.63) is 106 Å². The van der Waals surface area contributed by atoms with Crippen molar-refractivity contribution in [2.24, 2.45) is 0 Å². The Morgan fingerprint density at radius 1 is 1.03 bits per heavy atom. The number of halogens is 1. The Kier molecular flexibility index (Phi) is 8.92. The first-order valence-electron chi connectivity index (χ1n) is 10.4. The molecule has 3 aromatic carbocycles. The molecule has 0 bridgehead atoms. The van der Waals surface area contributed by atoms with Crippen LogP contribution in [0.25, 0.3) is 0 Å². The van der Waals surface area contributed by atoms with Gasteiger partial charge in [0.15, 0.2) is 0 Å². The molecule has 0 fully saturated rings. The number of anilines is 1. The molecule has 0 aliphatic heterocycles. The zero-order valence-corrected chi connectivity index (χ0v) is 19.0. The summed E-state index contributed by atoms with van der Waals surface area (Å²) in [5.41, 5.74) is 2.23. The van der Waals surface area contributed by atoms with Gasteiger partial charge in [-0.05, 0) is 42.3 Å².